The second-order valence-corrected chi connectivity index (χ2v) is 19.5. The molecule has 5 N–H and O–H groups in total. The number of hydrogen-bond acceptors (Lipinski definition) is 16. The fourth-order valence-electron chi connectivity index (χ4n) is 10.6. The summed E-state index contributed by atoms with van der Waals surface area (Å²) in [5.74, 6) is -7.38. The topological polar surface area (TPSA) is 277 Å². The number of esters is 4. The lowest BCUT2D eigenvalue weighted by Gasteiger charge is -2.67. The Labute approximate surface area is 391 Å². The van der Waals surface area contributed by atoms with E-state index in [-0.39, 0.29) is 28.7 Å². The number of Topliss-reactive ketones (excluding diaryl/α,β-unsaturated/α-hetero) is 1. The first-order valence-corrected chi connectivity index (χ1v) is 23.3. The van der Waals surface area contributed by atoms with Crippen molar-refractivity contribution in [1.29, 1.82) is 0 Å². The predicted molar refractivity (Wildman–Crippen MR) is 235 cm³/mol. The van der Waals surface area contributed by atoms with Gasteiger partial charge in [0.2, 0.25) is 0 Å². The van der Waals surface area contributed by atoms with Crippen LogP contribution in [-0.4, -0.2) is 117 Å². The zero-order chi connectivity index (χ0) is 49.6. The van der Waals surface area contributed by atoms with Crippen molar-refractivity contribution in [3.05, 3.63) is 119 Å². The molecule has 1 heterocycles. The molecule has 1 amide bonds. The van der Waals surface area contributed by atoms with Gasteiger partial charge in [0.15, 0.2) is 30.4 Å². The number of aliphatic hydroxyl groups excluding tert-OH is 1. The minimum absolute atomic E-state index is 0.00161. The van der Waals surface area contributed by atoms with E-state index in [1.165, 1.54) is 39.8 Å². The summed E-state index contributed by atoms with van der Waals surface area (Å²) in [7, 11) is -5.16. The Kier molecular flexibility index (Phi) is 14.1. The standard InChI is InChI=1S/C48H54NO18P/c1-26-32(65-44(56)37(52)36(29-16-10-7-11-17-29)49-42(54)30-18-12-8-13-19-30)23-48(57)41(66-43(55)31-20-14-9-15-21-31)39-46(6,40(53)38(64-27(2)50)35(26)45(48,4)5)33(62-25-63-68(58,59)60)22-34-47(39,24-61-34)67-28(3)51/h7-21,32-34,36-39,41,52,57H,22-25H2,1-6H3,(H,49,54)(H2,58,59,60)/t32-,33-,34+,36-,37+,38?,39?,41?,46+,47-,48+/m0/s1. The number of aliphatic hydroxyl groups is 2. The molecule has 3 unspecified atom stereocenters. The molecule has 3 aromatic rings. The first-order valence-electron chi connectivity index (χ1n) is 21.8. The first-order chi connectivity index (χ1) is 32.0. The molecule has 0 radical (unpaired) electrons. The van der Waals surface area contributed by atoms with Gasteiger partial charge < -0.3 is 53.7 Å². The van der Waals surface area contributed by atoms with Crippen LogP contribution < -0.4 is 5.32 Å². The molecule has 3 aromatic carbocycles. The van der Waals surface area contributed by atoms with Gasteiger partial charge in [-0.3, -0.25) is 23.7 Å². The second-order valence-electron chi connectivity index (χ2n) is 18.2. The van der Waals surface area contributed by atoms with E-state index >= 15 is 4.79 Å². The molecule has 2 bridgehead atoms. The smallest absolute Gasteiger partial charge is 0.456 e. The lowest BCUT2D eigenvalue weighted by atomic mass is 9.44. The Bertz CT molecular complexity index is 2510. The van der Waals surface area contributed by atoms with Crippen LogP contribution in [0.3, 0.4) is 0 Å². The van der Waals surface area contributed by atoms with E-state index in [4.69, 9.17) is 28.4 Å². The number of phosphoric acid groups is 1. The van der Waals surface area contributed by atoms with Crippen molar-refractivity contribution in [3.63, 3.8) is 0 Å². The fraction of sp³-hybridized carbons (Fsp3) is 0.458. The molecule has 3 fully saturated rings. The average molecular weight is 964 g/mol. The van der Waals surface area contributed by atoms with Crippen molar-refractivity contribution < 1.29 is 86.3 Å². The Morgan fingerprint density at radius 1 is 0.853 bits per heavy atom. The van der Waals surface area contributed by atoms with Crippen molar-refractivity contribution in [3.8, 4) is 0 Å². The van der Waals surface area contributed by atoms with Crippen molar-refractivity contribution >= 4 is 43.4 Å². The maximum atomic E-state index is 15.9. The van der Waals surface area contributed by atoms with E-state index in [1.807, 2.05) is 0 Å². The number of ketones is 1. The molecule has 364 valence electrons. The Balaban J connectivity index is 1.41. The molecule has 1 aliphatic heterocycles. The van der Waals surface area contributed by atoms with Gasteiger partial charge in [-0.25, -0.2) is 14.2 Å². The number of phosphoric ester groups is 1. The van der Waals surface area contributed by atoms with Gasteiger partial charge in [-0.05, 0) is 54.8 Å². The summed E-state index contributed by atoms with van der Waals surface area (Å²) < 4.78 is 53.0. The lowest BCUT2D eigenvalue weighted by Crippen LogP contribution is -2.82. The molecule has 19 nitrogen and oxygen atoms in total. The number of carbonyl (C=O) groups is 6. The number of rotatable bonds is 14. The van der Waals surface area contributed by atoms with Gasteiger partial charge in [-0.15, -0.1) is 0 Å². The van der Waals surface area contributed by atoms with Crippen LogP contribution in [0.1, 0.15) is 86.7 Å². The summed E-state index contributed by atoms with van der Waals surface area (Å²) in [6.45, 7) is 6.50. The first kappa shape index (κ1) is 50.3. The monoisotopic (exact) mass is 963 g/mol. The third-order valence-corrected chi connectivity index (χ3v) is 14.4. The summed E-state index contributed by atoms with van der Waals surface area (Å²) >= 11 is 0. The number of amides is 1. The average Bonchev–Trinajstić information content (AvgIpc) is 3.28. The van der Waals surface area contributed by atoms with Gasteiger partial charge in [-0.1, -0.05) is 80.6 Å². The zero-order valence-corrected chi connectivity index (χ0v) is 39.0. The highest BCUT2D eigenvalue weighted by Gasteiger charge is 2.78. The van der Waals surface area contributed by atoms with Crippen molar-refractivity contribution in [2.45, 2.75) is 108 Å². The molecule has 0 spiro atoms. The molecular formula is C48H54NO18P. The summed E-state index contributed by atoms with van der Waals surface area (Å²) in [6, 6.07) is 22.4. The van der Waals surface area contributed by atoms with E-state index in [0.717, 1.165) is 13.8 Å². The van der Waals surface area contributed by atoms with Crippen LogP contribution in [0.15, 0.2) is 102 Å². The molecule has 68 heavy (non-hydrogen) atoms. The van der Waals surface area contributed by atoms with E-state index in [0.29, 0.717) is 5.56 Å². The normalized spacial score (nSPS) is 30.4. The SMILES string of the molecule is CC(=O)OC1C(=O)[C@@]2(C)C(C(OC(=O)c3ccccc3)[C@]3(O)C[C@H](OC(=O)[C@H](O)[C@@H](NC(=O)c4ccccc4)c4ccccc4)C(C)=C1C3(C)C)[C@]1(OC(C)=O)CO[C@@H]1C[C@@H]2OCOP(=O)(O)O. The van der Waals surface area contributed by atoms with Crippen LogP contribution in [0.2, 0.25) is 0 Å². The minimum atomic E-state index is -5.16. The number of carbonyl (C=O) groups excluding carboxylic acids is 6. The maximum absolute atomic E-state index is 15.9. The van der Waals surface area contributed by atoms with Crippen LogP contribution in [0, 0.1) is 16.7 Å². The fourth-order valence-corrected chi connectivity index (χ4v) is 10.8. The molecule has 20 heteroatoms. The molecule has 0 aromatic heterocycles. The Morgan fingerprint density at radius 2 is 1.44 bits per heavy atom. The number of nitrogens with one attached hydrogen (secondary N) is 1. The third-order valence-electron chi connectivity index (χ3n) is 13.9. The van der Waals surface area contributed by atoms with E-state index in [9.17, 15) is 48.5 Å². The summed E-state index contributed by atoms with van der Waals surface area (Å²) in [5, 5.41) is 28.4. The van der Waals surface area contributed by atoms with Crippen LogP contribution in [0.4, 0.5) is 0 Å². The predicted octanol–water partition coefficient (Wildman–Crippen LogP) is 3.83. The Morgan fingerprint density at radius 3 is 1.99 bits per heavy atom. The van der Waals surface area contributed by atoms with Crippen LogP contribution >= 0.6 is 7.82 Å². The van der Waals surface area contributed by atoms with Gasteiger partial charge >= 0.3 is 31.7 Å². The molecule has 4 aliphatic rings. The lowest BCUT2D eigenvalue weighted by molar-refractivity contribution is -0.350. The van der Waals surface area contributed by atoms with Crippen LogP contribution in [-0.2, 0) is 56.7 Å². The molecule has 3 aliphatic carbocycles. The molecule has 2 saturated carbocycles. The molecular weight excluding hydrogens is 909 g/mol. The van der Waals surface area contributed by atoms with Crippen LogP contribution in [0.5, 0.6) is 0 Å². The van der Waals surface area contributed by atoms with Gasteiger partial charge in [0.25, 0.3) is 5.91 Å². The van der Waals surface area contributed by atoms with Crippen molar-refractivity contribution in [2.75, 3.05) is 13.4 Å². The highest BCUT2D eigenvalue weighted by atomic mass is 31.2. The van der Waals surface area contributed by atoms with Crippen molar-refractivity contribution in [2.24, 2.45) is 16.7 Å². The van der Waals surface area contributed by atoms with Gasteiger partial charge in [0.1, 0.15) is 23.9 Å². The summed E-state index contributed by atoms with van der Waals surface area (Å²) in [5.41, 5.74) is -7.80. The number of benzene rings is 3. The number of ether oxygens (including phenoxy) is 6. The zero-order valence-electron chi connectivity index (χ0n) is 38.1. The van der Waals surface area contributed by atoms with Crippen molar-refractivity contribution in [1.82, 2.24) is 5.32 Å². The summed E-state index contributed by atoms with van der Waals surface area (Å²) in [4.78, 5) is 104. The van der Waals surface area contributed by atoms with E-state index < -0.39 is 134 Å². The highest BCUT2D eigenvalue weighted by molar-refractivity contribution is 7.46. The van der Waals surface area contributed by atoms with Crippen LogP contribution in [0.25, 0.3) is 0 Å². The maximum Gasteiger partial charge on any atom is 0.471 e. The molecule has 1 saturated heterocycles. The largest absolute Gasteiger partial charge is 0.471 e. The highest BCUT2D eigenvalue weighted by Crippen LogP contribution is 2.65. The Hall–Kier alpha value is -5.63. The van der Waals surface area contributed by atoms with Gasteiger partial charge in [0.05, 0.1) is 35.6 Å². The third kappa shape index (κ3) is 9.17. The molecule has 7 rings (SSSR count). The second kappa shape index (κ2) is 19.0. The summed E-state index contributed by atoms with van der Waals surface area (Å²) in [6.07, 6.45) is -11.1. The number of hydrogen-bond donors (Lipinski definition) is 5. The molecule has 11 atom stereocenters. The minimum Gasteiger partial charge on any atom is -0.456 e. The van der Waals surface area contributed by atoms with E-state index in [1.54, 1.807) is 78.9 Å². The van der Waals surface area contributed by atoms with Gasteiger partial charge in [-0.2, -0.15) is 0 Å². The number of fused-ring (bicyclic) bond motifs is 5. The quantitative estimate of drug-likeness (QED) is 0.0505. The van der Waals surface area contributed by atoms with E-state index in [2.05, 4.69) is 9.84 Å². The van der Waals surface area contributed by atoms with Gasteiger partial charge in [0, 0.05) is 37.7 Å².